The summed E-state index contributed by atoms with van der Waals surface area (Å²) in [6.07, 6.45) is 5.24. The molecule has 1 aromatic carbocycles. The Kier molecular flexibility index (Phi) is 5.31. The van der Waals surface area contributed by atoms with Crippen molar-refractivity contribution in [2.45, 2.75) is 32.1 Å². The van der Waals surface area contributed by atoms with Gasteiger partial charge in [-0.15, -0.1) is 0 Å². The smallest absolute Gasteiger partial charge is 0.132 e. The van der Waals surface area contributed by atoms with E-state index in [4.69, 9.17) is 11.6 Å². The third-order valence-corrected chi connectivity index (χ3v) is 2.40. The Morgan fingerprint density at radius 2 is 1.50 bits per heavy atom. The first-order valence-corrected chi connectivity index (χ1v) is 5.39. The lowest BCUT2D eigenvalue weighted by molar-refractivity contribution is -0.120. The van der Waals surface area contributed by atoms with E-state index in [1.165, 1.54) is 6.42 Å². The molecule has 1 saturated carbocycles. The summed E-state index contributed by atoms with van der Waals surface area (Å²) >= 11 is 5.54. The molecule has 0 saturated heterocycles. The van der Waals surface area contributed by atoms with Crippen LogP contribution in [-0.4, -0.2) is 5.78 Å². The molecule has 0 N–H and O–H groups in total. The molecule has 0 radical (unpaired) electrons. The molecule has 14 heavy (non-hydrogen) atoms. The van der Waals surface area contributed by atoms with Crippen molar-refractivity contribution in [1.82, 2.24) is 0 Å². The maximum Gasteiger partial charge on any atom is 0.132 e. The van der Waals surface area contributed by atoms with Gasteiger partial charge >= 0.3 is 0 Å². The van der Waals surface area contributed by atoms with Crippen molar-refractivity contribution in [2.24, 2.45) is 0 Å². The Bertz CT molecular complexity index is 261. The predicted molar refractivity (Wildman–Crippen MR) is 59.5 cm³/mol. The number of hydrogen-bond donors (Lipinski definition) is 0. The molecule has 1 fully saturated rings. The van der Waals surface area contributed by atoms with E-state index in [0.29, 0.717) is 5.78 Å². The minimum atomic E-state index is 0.464. The molecular formula is C12H15ClO. The zero-order valence-corrected chi connectivity index (χ0v) is 8.96. The molecule has 0 amide bonds. The zero-order valence-electron chi connectivity index (χ0n) is 8.21. The normalized spacial score (nSPS) is 15.6. The Hall–Kier alpha value is -0.820. The topological polar surface area (TPSA) is 17.1 Å². The van der Waals surface area contributed by atoms with Gasteiger partial charge in [-0.25, -0.2) is 0 Å². The van der Waals surface area contributed by atoms with Crippen LogP contribution in [0.1, 0.15) is 32.1 Å². The second kappa shape index (κ2) is 6.61. The second-order valence-corrected chi connectivity index (χ2v) is 3.83. The van der Waals surface area contributed by atoms with Crippen LogP contribution in [0.2, 0.25) is 5.02 Å². The lowest BCUT2D eigenvalue weighted by Gasteiger charge is -2.05. The average molecular weight is 211 g/mol. The van der Waals surface area contributed by atoms with Gasteiger partial charge < -0.3 is 0 Å². The molecule has 2 heteroatoms. The molecule has 0 bridgehead atoms. The number of carbonyl (C=O) groups excluding carboxylic acids is 1. The number of benzene rings is 1. The summed E-state index contributed by atoms with van der Waals surface area (Å²) in [5.74, 6) is 0.464. The standard InChI is InChI=1S/C6H5Cl.C6H10O/c2*7-6-4-2-1-3-5-6/h1-5H;1-5H2. The van der Waals surface area contributed by atoms with Crippen molar-refractivity contribution >= 4 is 17.4 Å². The molecule has 1 nitrogen and oxygen atoms in total. The first-order valence-electron chi connectivity index (χ1n) is 5.01. The monoisotopic (exact) mass is 210 g/mol. The average Bonchev–Trinajstić information content (AvgIpc) is 2.21. The minimum absolute atomic E-state index is 0.464. The van der Waals surface area contributed by atoms with E-state index in [9.17, 15) is 4.79 Å². The molecule has 0 heterocycles. The highest BCUT2D eigenvalue weighted by atomic mass is 35.5. The fourth-order valence-electron chi connectivity index (χ4n) is 1.36. The van der Waals surface area contributed by atoms with Crippen LogP contribution in [0.25, 0.3) is 0 Å². The number of ketones is 1. The first-order chi connectivity index (χ1) is 6.79. The van der Waals surface area contributed by atoms with Gasteiger partial charge in [-0.3, -0.25) is 4.79 Å². The van der Waals surface area contributed by atoms with Gasteiger partial charge in [0, 0.05) is 17.9 Å². The van der Waals surface area contributed by atoms with Gasteiger partial charge in [0.2, 0.25) is 0 Å². The van der Waals surface area contributed by atoms with Crippen molar-refractivity contribution in [3.05, 3.63) is 35.4 Å². The van der Waals surface area contributed by atoms with Gasteiger partial charge in [0.1, 0.15) is 5.78 Å². The fourth-order valence-corrected chi connectivity index (χ4v) is 1.51. The van der Waals surface area contributed by atoms with E-state index in [1.54, 1.807) is 0 Å². The molecule has 0 aliphatic heterocycles. The highest BCUT2D eigenvalue weighted by molar-refractivity contribution is 6.30. The first kappa shape index (κ1) is 11.3. The lowest BCUT2D eigenvalue weighted by atomic mass is 10.00. The molecule has 1 aromatic rings. The molecule has 76 valence electrons. The van der Waals surface area contributed by atoms with E-state index in [0.717, 1.165) is 30.7 Å². The highest BCUT2D eigenvalue weighted by Crippen LogP contribution is 2.12. The summed E-state index contributed by atoms with van der Waals surface area (Å²) in [4.78, 5) is 10.5. The molecular weight excluding hydrogens is 196 g/mol. The highest BCUT2D eigenvalue weighted by Gasteiger charge is 2.05. The summed E-state index contributed by atoms with van der Waals surface area (Å²) in [6.45, 7) is 0. The number of rotatable bonds is 0. The van der Waals surface area contributed by atoms with Gasteiger partial charge in [0.25, 0.3) is 0 Å². The van der Waals surface area contributed by atoms with Crippen molar-refractivity contribution in [2.75, 3.05) is 0 Å². The summed E-state index contributed by atoms with van der Waals surface area (Å²) < 4.78 is 0. The fraction of sp³-hybridized carbons (Fsp3) is 0.417. The Balaban J connectivity index is 0.000000140. The van der Waals surface area contributed by atoms with Crippen molar-refractivity contribution in [3.63, 3.8) is 0 Å². The maximum absolute atomic E-state index is 10.5. The van der Waals surface area contributed by atoms with Crippen LogP contribution >= 0.6 is 11.6 Å². The second-order valence-electron chi connectivity index (χ2n) is 3.39. The van der Waals surface area contributed by atoms with Crippen LogP contribution in [0.3, 0.4) is 0 Å². The van der Waals surface area contributed by atoms with Crippen LogP contribution in [0.15, 0.2) is 30.3 Å². The molecule has 1 aliphatic rings. The lowest BCUT2D eigenvalue weighted by Crippen LogP contribution is -2.02. The van der Waals surface area contributed by atoms with Crippen LogP contribution in [0.5, 0.6) is 0 Å². The van der Waals surface area contributed by atoms with Crippen LogP contribution in [-0.2, 0) is 4.79 Å². The Morgan fingerprint density at radius 1 is 0.929 bits per heavy atom. The maximum atomic E-state index is 10.5. The third-order valence-electron chi connectivity index (χ3n) is 2.14. The van der Waals surface area contributed by atoms with Crippen LogP contribution in [0, 0.1) is 0 Å². The number of carbonyl (C=O) groups is 1. The molecule has 0 atom stereocenters. The predicted octanol–water partition coefficient (Wildman–Crippen LogP) is 3.86. The molecule has 2 rings (SSSR count). The quantitative estimate of drug-likeness (QED) is 0.636. The van der Waals surface area contributed by atoms with Crippen molar-refractivity contribution < 1.29 is 4.79 Å². The SMILES string of the molecule is Clc1ccccc1.O=C1CCCCC1. The van der Waals surface area contributed by atoms with Gasteiger partial charge in [-0.1, -0.05) is 36.2 Å². The molecule has 0 spiro atoms. The third kappa shape index (κ3) is 5.03. The number of hydrogen-bond acceptors (Lipinski definition) is 1. The molecule has 1 aliphatic carbocycles. The summed E-state index contributed by atoms with van der Waals surface area (Å²) in [6, 6.07) is 9.44. The van der Waals surface area contributed by atoms with E-state index in [-0.39, 0.29) is 0 Å². The van der Waals surface area contributed by atoms with E-state index in [2.05, 4.69) is 0 Å². The van der Waals surface area contributed by atoms with Crippen molar-refractivity contribution in [1.29, 1.82) is 0 Å². The van der Waals surface area contributed by atoms with Crippen molar-refractivity contribution in [3.8, 4) is 0 Å². The number of Topliss-reactive ketones (excluding diaryl/α,β-unsaturated/α-hetero) is 1. The van der Waals surface area contributed by atoms with Crippen LogP contribution in [0.4, 0.5) is 0 Å². The largest absolute Gasteiger partial charge is 0.300 e. The van der Waals surface area contributed by atoms with E-state index in [1.807, 2.05) is 30.3 Å². The summed E-state index contributed by atoms with van der Waals surface area (Å²) in [5, 5.41) is 0.794. The Labute approximate surface area is 90.1 Å². The Morgan fingerprint density at radius 3 is 1.79 bits per heavy atom. The minimum Gasteiger partial charge on any atom is -0.300 e. The summed E-state index contributed by atoms with van der Waals surface area (Å²) in [5.41, 5.74) is 0. The van der Waals surface area contributed by atoms with Crippen LogP contribution < -0.4 is 0 Å². The van der Waals surface area contributed by atoms with Gasteiger partial charge in [0.05, 0.1) is 0 Å². The van der Waals surface area contributed by atoms with E-state index >= 15 is 0 Å². The van der Waals surface area contributed by atoms with Gasteiger partial charge in [-0.2, -0.15) is 0 Å². The summed E-state index contributed by atoms with van der Waals surface area (Å²) in [7, 11) is 0. The number of halogens is 1. The van der Waals surface area contributed by atoms with Gasteiger partial charge in [-0.05, 0) is 25.0 Å². The van der Waals surface area contributed by atoms with Gasteiger partial charge in [0.15, 0.2) is 0 Å². The molecule has 0 unspecified atom stereocenters. The zero-order chi connectivity index (χ0) is 10.2. The molecule has 0 aromatic heterocycles. The van der Waals surface area contributed by atoms with E-state index < -0.39 is 0 Å².